The summed E-state index contributed by atoms with van der Waals surface area (Å²) in [6, 6.07) is 13.3. The van der Waals surface area contributed by atoms with Crippen molar-refractivity contribution in [3.63, 3.8) is 0 Å². The molecule has 2 aliphatic heterocycles. The molecule has 0 unspecified atom stereocenters. The lowest BCUT2D eigenvalue weighted by molar-refractivity contribution is 0.0613. The van der Waals surface area contributed by atoms with Gasteiger partial charge in [-0.15, -0.1) is 0 Å². The van der Waals surface area contributed by atoms with Gasteiger partial charge in [-0.25, -0.2) is 0 Å². The molecule has 0 fully saturated rings. The van der Waals surface area contributed by atoms with Crippen molar-refractivity contribution >= 4 is 0 Å². The number of hydrogen-bond acceptors (Lipinski definition) is 8. The average Bonchev–Trinajstić information content (AvgIpc) is 3.36. The zero-order valence-corrected chi connectivity index (χ0v) is 15.3. The Bertz CT molecular complexity index is 989. The molecule has 0 saturated carbocycles. The number of aromatic nitrogens is 2. The van der Waals surface area contributed by atoms with Crippen LogP contribution in [-0.4, -0.2) is 48.1 Å². The van der Waals surface area contributed by atoms with Crippen molar-refractivity contribution in [2.45, 2.75) is 12.6 Å². The van der Waals surface area contributed by atoms with Crippen LogP contribution in [0.25, 0.3) is 11.4 Å². The van der Waals surface area contributed by atoms with E-state index in [1.54, 1.807) is 0 Å². The predicted octanol–water partition coefficient (Wildman–Crippen LogP) is 2.74. The van der Waals surface area contributed by atoms with Gasteiger partial charge in [-0.1, -0.05) is 17.3 Å². The fraction of sp³-hybridized carbons (Fsp3) is 0.300. The zero-order valence-electron chi connectivity index (χ0n) is 15.3. The van der Waals surface area contributed by atoms with Crippen LogP contribution in [0.4, 0.5) is 0 Å². The molecule has 0 amide bonds. The molecule has 0 aliphatic carbocycles. The molecule has 8 heteroatoms. The Morgan fingerprint density at radius 3 is 2.75 bits per heavy atom. The monoisotopic (exact) mass is 381 g/mol. The van der Waals surface area contributed by atoms with Crippen LogP contribution in [0.3, 0.4) is 0 Å². The molecular weight excluding hydrogens is 362 g/mol. The van der Waals surface area contributed by atoms with E-state index in [2.05, 4.69) is 15.0 Å². The van der Waals surface area contributed by atoms with Gasteiger partial charge in [0.1, 0.15) is 12.7 Å². The van der Waals surface area contributed by atoms with E-state index in [0.717, 1.165) is 22.8 Å². The van der Waals surface area contributed by atoms with Gasteiger partial charge in [0, 0.05) is 12.1 Å². The Morgan fingerprint density at radius 2 is 1.82 bits per heavy atom. The number of para-hydroxylation sites is 2. The number of rotatable bonds is 5. The molecule has 3 heterocycles. The molecule has 5 rings (SSSR count). The van der Waals surface area contributed by atoms with Gasteiger partial charge in [-0.3, -0.25) is 4.90 Å². The minimum Gasteiger partial charge on any atom is -0.486 e. The van der Waals surface area contributed by atoms with Crippen LogP contribution in [0, 0.1) is 0 Å². The molecule has 1 atom stereocenters. The Morgan fingerprint density at radius 1 is 1.00 bits per heavy atom. The first-order valence-electron chi connectivity index (χ1n) is 9.04. The molecular formula is C20H19N3O5. The summed E-state index contributed by atoms with van der Waals surface area (Å²) in [5, 5.41) is 4.08. The van der Waals surface area contributed by atoms with E-state index < -0.39 is 0 Å². The molecule has 0 N–H and O–H groups in total. The summed E-state index contributed by atoms with van der Waals surface area (Å²) in [5.41, 5.74) is 0.822. The highest BCUT2D eigenvalue weighted by atomic mass is 16.7. The lowest BCUT2D eigenvalue weighted by Crippen LogP contribution is -2.39. The van der Waals surface area contributed by atoms with Gasteiger partial charge in [-0.2, -0.15) is 4.98 Å². The fourth-order valence-electron chi connectivity index (χ4n) is 3.27. The van der Waals surface area contributed by atoms with Crippen LogP contribution < -0.4 is 18.9 Å². The second-order valence-electron chi connectivity index (χ2n) is 6.77. The number of benzene rings is 2. The molecule has 0 bridgehead atoms. The molecule has 3 aromatic rings. The minimum atomic E-state index is -0.0591. The van der Waals surface area contributed by atoms with Gasteiger partial charge in [0.15, 0.2) is 23.0 Å². The first-order chi connectivity index (χ1) is 13.7. The van der Waals surface area contributed by atoms with Crippen molar-refractivity contribution in [1.29, 1.82) is 0 Å². The second-order valence-corrected chi connectivity index (χ2v) is 6.77. The minimum absolute atomic E-state index is 0.0591. The van der Waals surface area contributed by atoms with E-state index in [0.29, 0.717) is 37.2 Å². The van der Waals surface area contributed by atoms with E-state index >= 15 is 0 Å². The summed E-state index contributed by atoms with van der Waals surface area (Å²) in [4.78, 5) is 6.56. The summed E-state index contributed by atoms with van der Waals surface area (Å²) in [5.74, 6) is 4.03. The number of fused-ring (bicyclic) bond motifs is 2. The molecule has 144 valence electrons. The normalized spacial score (nSPS) is 17.1. The van der Waals surface area contributed by atoms with Gasteiger partial charge in [-0.05, 0) is 37.4 Å². The zero-order chi connectivity index (χ0) is 18.9. The topological polar surface area (TPSA) is 79.1 Å². The van der Waals surface area contributed by atoms with E-state index in [4.69, 9.17) is 23.5 Å². The van der Waals surface area contributed by atoms with Gasteiger partial charge >= 0.3 is 0 Å². The quantitative estimate of drug-likeness (QED) is 0.668. The third-order valence-electron chi connectivity index (χ3n) is 4.59. The SMILES string of the molecule is CN(Cc1nc(-c2ccc3c(c2)OCO3)no1)C[C@@H]1COc2ccccc2O1. The molecule has 8 nitrogen and oxygen atoms in total. The molecule has 2 aliphatic rings. The second kappa shape index (κ2) is 7.05. The number of nitrogens with zero attached hydrogens (tertiary/aromatic N) is 3. The van der Waals surface area contributed by atoms with Crippen molar-refractivity contribution in [2.75, 3.05) is 27.0 Å². The summed E-state index contributed by atoms with van der Waals surface area (Å²) in [7, 11) is 1.98. The number of likely N-dealkylation sites (N-methyl/N-ethyl adjacent to an activating group) is 1. The highest BCUT2D eigenvalue weighted by Crippen LogP contribution is 2.35. The van der Waals surface area contributed by atoms with Crippen LogP contribution in [0.15, 0.2) is 47.0 Å². The smallest absolute Gasteiger partial charge is 0.241 e. The van der Waals surface area contributed by atoms with E-state index in [9.17, 15) is 0 Å². The third kappa shape index (κ3) is 3.34. The lowest BCUT2D eigenvalue weighted by atomic mass is 10.2. The van der Waals surface area contributed by atoms with Crippen LogP contribution in [0.1, 0.15) is 5.89 Å². The Labute approximate surface area is 161 Å². The van der Waals surface area contributed by atoms with Gasteiger partial charge in [0.25, 0.3) is 0 Å². The molecule has 1 aromatic heterocycles. The fourth-order valence-corrected chi connectivity index (χ4v) is 3.27. The summed E-state index contributed by atoms with van der Waals surface area (Å²) < 4.78 is 27.9. The molecule has 0 radical (unpaired) electrons. The summed E-state index contributed by atoms with van der Waals surface area (Å²) >= 11 is 0. The first kappa shape index (κ1) is 16.9. The summed E-state index contributed by atoms with van der Waals surface area (Å²) in [6.07, 6.45) is -0.0591. The van der Waals surface area contributed by atoms with Crippen molar-refractivity contribution in [3.05, 3.63) is 48.4 Å². The molecule has 28 heavy (non-hydrogen) atoms. The average molecular weight is 381 g/mol. The van der Waals surface area contributed by atoms with Crippen LogP contribution in [0.2, 0.25) is 0 Å². The number of ether oxygens (including phenoxy) is 4. The lowest BCUT2D eigenvalue weighted by Gasteiger charge is -2.29. The molecule has 0 saturated heterocycles. The number of hydrogen-bond donors (Lipinski definition) is 0. The Balaban J connectivity index is 1.21. The van der Waals surface area contributed by atoms with Crippen LogP contribution in [-0.2, 0) is 6.54 Å². The van der Waals surface area contributed by atoms with Crippen LogP contribution >= 0.6 is 0 Å². The van der Waals surface area contributed by atoms with E-state index in [1.807, 2.05) is 49.5 Å². The first-order valence-corrected chi connectivity index (χ1v) is 9.04. The van der Waals surface area contributed by atoms with Crippen molar-refractivity contribution in [1.82, 2.24) is 15.0 Å². The van der Waals surface area contributed by atoms with Crippen molar-refractivity contribution in [2.24, 2.45) is 0 Å². The third-order valence-corrected chi connectivity index (χ3v) is 4.59. The van der Waals surface area contributed by atoms with Gasteiger partial charge in [0.2, 0.25) is 18.5 Å². The standard InChI is InChI=1S/C20H19N3O5/c1-23(9-14-11-24-15-4-2-3-5-17(15)27-14)10-19-21-20(22-28-19)13-6-7-16-18(8-13)26-12-25-16/h2-8,14H,9-12H2,1H3/t14-/m1/s1. The van der Waals surface area contributed by atoms with Gasteiger partial charge in [0.05, 0.1) is 6.54 Å². The Hall–Kier alpha value is -3.26. The predicted molar refractivity (Wildman–Crippen MR) is 98.5 cm³/mol. The van der Waals surface area contributed by atoms with Crippen LogP contribution in [0.5, 0.6) is 23.0 Å². The highest BCUT2D eigenvalue weighted by molar-refractivity contribution is 5.61. The van der Waals surface area contributed by atoms with Crippen molar-refractivity contribution in [3.8, 4) is 34.4 Å². The largest absolute Gasteiger partial charge is 0.486 e. The maximum atomic E-state index is 6.00. The maximum Gasteiger partial charge on any atom is 0.241 e. The highest BCUT2D eigenvalue weighted by Gasteiger charge is 2.23. The Kier molecular flexibility index (Phi) is 4.25. The maximum absolute atomic E-state index is 6.00. The van der Waals surface area contributed by atoms with Gasteiger partial charge < -0.3 is 23.5 Å². The molecule has 2 aromatic carbocycles. The van der Waals surface area contributed by atoms with Crippen molar-refractivity contribution < 1.29 is 23.5 Å². The van der Waals surface area contributed by atoms with E-state index in [1.165, 1.54) is 0 Å². The molecule has 0 spiro atoms. The summed E-state index contributed by atoms with van der Waals surface area (Å²) in [6.45, 7) is 1.93. The van der Waals surface area contributed by atoms with E-state index in [-0.39, 0.29) is 12.9 Å².